The Morgan fingerprint density at radius 3 is 2.17 bits per heavy atom. The van der Waals surface area contributed by atoms with E-state index in [4.69, 9.17) is 4.74 Å². The lowest BCUT2D eigenvalue weighted by molar-refractivity contribution is 0.121. The zero-order chi connectivity index (χ0) is 12.8. The highest BCUT2D eigenvalue weighted by Crippen LogP contribution is 2.17. The maximum Gasteiger partial charge on any atom is 0.412 e. The molecule has 0 fully saturated rings. The molecule has 18 heavy (non-hydrogen) atoms. The van der Waals surface area contributed by atoms with Crippen LogP contribution < -0.4 is 5.32 Å². The van der Waals surface area contributed by atoms with Crippen LogP contribution >= 0.6 is 0 Å². The summed E-state index contributed by atoms with van der Waals surface area (Å²) < 4.78 is 5.29. The van der Waals surface area contributed by atoms with Crippen LogP contribution in [-0.2, 0) is 4.74 Å². The number of anilines is 1. The van der Waals surface area contributed by atoms with Gasteiger partial charge in [0.05, 0.1) is 0 Å². The molecule has 0 saturated carbocycles. The Balaban J connectivity index is 1.92. The van der Waals surface area contributed by atoms with Gasteiger partial charge in [-0.3, -0.25) is 5.32 Å². The third-order valence-corrected chi connectivity index (χ3v) is 2.57. The fourth-order valence-electron chi connectivity index (χ4n) is 1.62. The molecule has 0 aromatic heterocycles. The monoisotopic (exact) mass is 241 g/mol. The van der Waals surface area contributed by atoms with Gasteiger partial charge in [0.2, 0.25) is 0 Å². The third kappa shape index (κ3) is 3.35. The van der Waals surface area contributed by atoms with Gasteiger partial charge in [-0.25, -0.2) is 4.79 Å². The maximum absolute atomic E-state index is 11.7. The van der Waals surface area contributed by atoms with Gasteiger partial charge >= 0.3 is 6.09 Å². The number of carbonyl (C=O) groups is 1. The van der Waals surface area contributed by atoms with E-state index in [9.17, 15) is 4.79 Å². The van der Waals surface area contributed by atoms with Crippen LogP contribution in [0.1, 0.15) is 18.6 Å². The van der Waals surface area contributed by atoms with Crippen molar-refractivity contribution in [3.8, 4) is 0 Å². The Hall–Kier alpha value is -2.29. The van der Waals surface area contributed by atoms with Crippen molar-refractivity contribution >= 4 is 11.8 Å². The van der Waals surface area contributed by atoms with Crippen LogP contribution in [0.4, 0.5) is 10.5 Å². The van der Waals surface area contributed by atoms with Crippen molar-refractivity contribution in [1.29, 1.82) is 0 Å². The van der Waals surface area contributed by atoms with Crippen LogP contribution in [-0.4, -0.2) is 6.09 Å². The topological polar surface area (TPSA) is 38.3 Å². The predicted octanol–water partition coefficient (Wildman–Crippen LogP) is 4.00. The summed E-state index contributed by atoms with van der Waals surface area (Å²) in [5.74, 6) is 0. The van der Waals surface area contributed by atoms with Crippen molar-refractivity contribution in [3.63, 3.8) is 0 Å². The van der Waals surface area contributed by atoms with Crippen molar-refractivity contribution in [2.75, 3.05) is 5.32 Å². The average molecular weight is 241 g/mol. The van der Waals surface area contributed by atoms with Gasteiger partial charge in [-0.2, -0.15) is 0 Å². The van der Waals surface area contributed by atoms with Crippen molar-refractivity contribution in [3.05, 3.63) is 66.2 Å². The quantitative estimate of drug-likeness (QED) is 0.882. The Morgan fingerprint density at radius 1 is 1.00 bits per heavy atom. The molecule has 0 spiro atoms. The average Bonchev–Trinajstić information content (AvgIpc) is 2.40. The smallest absolute Gasteiger partial charge is 0.412 e. The second-order valence-electron chi connectivity index (χ2n) is 3.95. The second kappa shape index (κ2) is 5.87. The molecule has 0 aliphatic carbocycles. The van der Waals surface area contributed by atoms with Gasteiger partial charge in [0.1, 0.15) is 6.10 Å². The number of hydrogen-bond acceptors (Lipinski definition) is 2. The fourth-order valence-corrected chi connectivity index (χ4v) is 1.62. The lowest BCUT2D eigenvalue weighted by Gasteiger charge is -2.14. The van der Waals surface area contributed by atoms with Crippen LogP contribution in [0.5, 0.6) is 0 Å². The molecule has 0 aliphatic rings. The van der Waals surface area contributed by atoms with E-state index >= 15 is 0 Å². The van der Waals surface area contributed by atoms with Crippen molar-refractivity contribution in [2.45, 2.75) is 13.0 Å². The standard InChI is InChI=1S/C15H15NO2/c1-12(13-8-4-2-5-9-13)18-15(17)16-14-10-6-3-7-11-14/h2-12H,1H3,(H,16,17)/t12-/m0/s1. The lowest BCUT2D eigenvalue weighted by Crippen LogP contribution is -2.15. The van der Waals surface area contributed by atoms with E-state index in [0.29, 0.717) is 0 Å². The summed E-state index contributed by atoms with van der Waals surface area (Å²) in [6.07, 6.45) is -0.715. The van der Waals surface area contributed by atoms with E-state index in [1.807, 2.05) is 67.6 Å². The molecule has 92 valence electrons. The molecule has 0 radical (unpaired) electrons. The molecule has 2 aromatic rings. The van der Waals surface area contributed by atoms with Gasteiger partial charge in [0, 0.05) is 5.69 Å². The molecular formula is C15H15NO2. The minimum absolute atomic E-state index is 0.269. The summed E-state index contributed by atoms with van der Waals surface area (Å²) in [4.78, 5) is 11.7. The zero-order valence-electron chi connectivity index (χ0n) is 10.2. The first-order valence-corrected chi connectivity index (χ1v) is 5.83. The number of para-hydroxylation sites is 1. The molecule has 0 saturated heterocycles. The van der Waals surface area contributed by atoms with Gasteiger partial charge in [-0.1, -0.05) is 48.5 Å². The molecule has 0 unspecified atom stereocenters. The first kappa shape index (κ1) is 12.2. The largest absolute Gasteiger partial charge is 0.441 e. The molecule has 0 bridgehead atoms. The Bertz CT molecular complexity index is 496. The molecule has 1 amide bonds. The molecule has 2 rings (SSSR count). The Kier molecular flexibility index (Phi) is 3.97. The fraction of sp³-hybridized carbons (Fsp3) is 0.133. The van der Waals surface area contributed by atoms with Gasteiger partial charge in [-0.05, 0) is 24.6 Å². The van der Waals surface area contributed by atoms with Gasteiger partial charge < -0.3 is 4.74 Å². The number of nitrogens with one attached hydrogen (secondary N) is 1. The van der Waals surface area contributed by atoms with E-state index in [0.717, 1.165) is 11.3 Å². The van der Waals surface area contributed by atoms with Crippen molar-refractivity contribution < 1.29 is 9.53 Å². The van der Waals surface area contributed by atoms with Crippen LogP contribution in [0.3, 0.4) is 0 Å². The summed E-state index contributed by atoms with van der Waals surface area (Å²) in [6.45, 7) is 1.85. The van der Waals surface area contributed by atoms with Crippen LogP contribution in [0, 0.1) is 0 Å². The summed E-state index contributed by atoms with van der Waals surface area (Å²) in [5, 5.41) is 2.68. The van der Waals surface area contributed by atoms with Crippen LogP contribution in [0.25, 0.3) is 0 Å². The highest BCUT2D eigenvalue weighted by Gasteiger charge is 2.10. The molecule has 0 aliphatic heterocycles. The van der Waals surface area contributed by atoms with E-state index < -0.39 is 6.09 Å². The number of carbonyl (C=O) groups excluding carboxylic acids is 1. The molecule has 3 nitrogen and oxygen atoms in total. The highest BCUT2D eigenvalue weighted by atomic mass is 16.6. The van der Waals surface area contributed by atoms with Gasteiger partial charge in [-0.15, -0.1) is 0 Å². The molecule has 3 heteroatoms. The summed E-state index contributed by atoms with van der Waals surface area (Å²) in [7, 11) is 0. The number of benzene rings is 2. The third-order valence-electron chi connectivity index (χ3n) is 2.57. The van der Waals surface area contributed by atoms with Gasteiger partial charge in [0.25, 0.3) is 0 Å². The summed E-state index contributed by atoms with van der Waals surface area (Å²) in [6, 6.07) is 18.9. The van der Waals surface area contributed by atoms with E-state index in [2.05, 4.69) is 5.32 Å². The first-order valence-electron chi connectivity index (χ1n) is 5.83. The SMILES string of the molecule is C[C@H](OC(=O)Nc1ccccc1)c1ccccc1. The predicted molar refractivity (Wildman–Crippen MR) is 71.4 cm³/mol. The van der Waals surface area contributed by atoms with Crippen molar-refractivity contribution in [2.24, 2.45) is 0 Å². The minimum Gasteiger partial charge on any atom is -0.441 e. The maximum atomic E-state index is 11.7. The normalized spacial score (nSPS) is 11.6. The van der Waals surface area contributed by atoms with E-state index in [1.165, 1.54) is 0 Å². The van der Waals surface area contributed by atoms with Gasteiger partial charge in [0.15, 0.2) is 0 Å². The number of rotatable bonds is 3. The Morgan fingerprint density at radius 2 is 1.56 bits per heavy atom. The number of amides is 1. The lowest BCUT2D eigenvalue weighted by atomic mass is 10.1. The van der Waals surface area contributed by atoms with Crippen LogP contribution in [0.2, 0.25) is 0 Å². The van der Waals surface area contributed by atoms with E-state index in [-0.39, 0.29) is 6.10 Å². The molecule has 1 atom stereocenters. The van der Waals surface area contributed by atoms with Crippen LogP contribution in [0.15, 0.2) is 60.7 Å². The summed E-state index contributed by atoms with van der Waals surface area (Å²) in [5.41, 5.74) is 1.70. The number of hydrogen-bond donors (Lipinski definition) is 1. The molecular weight excluding hydrogens is 226 g/mol. The molecule has 2 aromatic carbocycles. The molecule has 0 heterocycles. The minimum atomic E-state index is -0.447. The zero-order valence-corrected chi connectivity index (χ0v) is 10.2. The first-order chi connectivity index (χ1) is 8.75. The highest BCUT2D eigenvalue weighted by molar-refractivity contribution is 5.84. The second-order valence-corrected chi connectivity index (χ2v) is 3.95. The molecule has 1 N–H and O–H groups in total. The Labute approximate surface area is 106 Å². The van der Waals surface area contributed by atoms with E-state index in [1.54, 1.807) is 0 Å². The van der Waals surface area contributed by atoms with Crippen molar-refractivity contribution in [1.82, 2.24) is 0 Å². The summed E-state index contributed by atoms with van der Waals surface area (Å²) >= 11 is 0. The number of ether oxygens (including phenoxy) is 1.